The van der Waals surface area contributed by atoms with E-state index in [1.807, 2.05) is 26.8 Å². The van der Waals surface area contributed by atoms with E-state index in [-0.39, 0.29) is 28.2 Å². The van der Waals surface area contributed by atoms with E-state index in [2.05, 4.69) is 10.3 Å². The van der Waals surface area contributed by atoms with Gasteiger partial charge in [-0.25, -0.2) is 4.79 Å². The Hall–Kier alpha value is -1.84. The van der Waals surface area contributed by atoms with Crippen LogP contribution >= 0.6 is 11.6 Å². The Labute approximate surface area is 135 Å². The Morgan fingerprint density at radius 3 is 2.77 bits per heavy atom. The number of amides is 1. The fourth-order valence-electron chi connectivity index (χ4n) is 2.53. The first-order chi connectivity index (χ1) is 10.3. The summed E-state index contributed by atoms with van der Waals surface area (Å²) in [6.45, 7) is 7.52. The zero-order valence-corrected chi connectivity index (χ0v) is 13.6. The van der Waals surface area contributed by atoms with E-state index in [0.29, 0.717) is 0 Å². The van der Waals surface area contributed by atoms with Gasteiger partial charge in [0.25, 0.3) is 0 Å². The van der Waals surface area contributed by atoms with Crippen LogP contribution < -0.4 is 10.1 Å². The summed E-state index contributed by atoms with van der Waals surface area (Å²) >= 11 is 5.86. The zero-order valence-electron chi connectivity index (χ0n) is 12.9. The molecule has 118 valence electrons. The number of pyridine rings is 1. The van der Waals surface area contributed by atoms with Crippen LogP contribution in [0.25, 0.3) is 0 Å². The second-order valence-corrected chi connectivity index (χ2v) is 6.51. The molecule has 0 aliphatic carbocycles. The van der Waals surface area contributed by atoms with Gasteiger partial charge in [-0.3, -0.25) is 4.90 Å². The molecule has 2 heterocycles. The van der Waals surface area contributed by atoms with Gasteiger partial charge < -0.3 is 10.1 Å². The molecule has 1 N–H and O–H groups in total. The van der Waals surface area contributed by atoms with Gasteiger partial charge in [-0.05, 0) is 39.8 Å². The lowest BCUT2D eigenvalue weighted by Gasteiger charge is -2.38. The Morgan fingerprint density at radius 1 is 1.55 bits per heavy atom. The molecule has 0 radical (unpaired) electrons. The third-order valence-corrected chi connectivity index (χ3v) is 3.74. The number of nitriles is 1. The van der Waals surface area contributed by atoms with E-state index < -0.39 is 6.09 Å². The van der Waals surface area contributed by atoms with E-state index in [4.69, 9.17) is 21.6 Å². The van der Waals surface area contributed by atoms with Crippen molar-refractivity contribution in [3.05, 3.63) is 22.8 Å². The quantitative estimate of drug-likeness (QED) is 0.847. The molecular formula is C15H19ClN4O2. The molecule has 7 heteroatoms. The molecule has 1 amide bonds. The van der Waals surface area contributed by atoms with Crippen molar-refractivity contribution in [2.75, 3.05) is 13.1 Å². The molecule has 1 aliphatic rings. The monoisotopic (exact) mass is 322 g/mol. The molecule has 1 aromatic heterocycles. The first kappa shape index (κ1) is 16.5. The van der Waals surface area contributed by atoms with Crippen LogP contribution in [0.4, 0.5) is 4.79 Å². The molecule has 6 nitrogen and oxygen atoms in total. The summed E-state index contributed by atoms with van der Waals surface area (Å²) in [4.78, 5) is 18.2. The smallest absolute Gasteiger partial charge is 0.391 e. The minimum Gasteiger partial charge on any atom is -0.391 e. The van der Waals surface area contributed by atoms with Gasteiger partial charge in [-0.2, -0.15) is 10.2 Å². The fraction of sp³-hybridized carbons (Fsp3) is 0.533. The van der Waals surface area contributed by atoms with Crippen LogP contribution in [-0.4, -0.2) is 40.6 Å². The van der Waals surface area contributed by atoms with Crippen molar-refractivity contribution in [1.82, 2.24) is 15.2 Å². The van der Waals surface area contributed by atoms with E-state index in [1.165, 1.54) is 12.1 Å². The molecule has 1 atom stereocenters. The van der Waals surface area contributed by atoms with Gasteiger partial charge in [0, 0.05) is 24.2 Å². The molecule has 1 unspecified atom stereocenters. The topological polar surface area (TPSA) is 78.2 Å². The summed E-state index contributed by atoms with van der Waals surface area (Å²) in [5, 5.41) is 12.1. The molecule has 0 spiro atoms. The number of carbonyl (C=O) groups excluding carboxylic acids is 1. The zero-order chi connectivity index (χ0) is 16.3. The first-order valence-electron chi connectivity index (χ1n) is 7.11. The highest BCUT2D eigenvalue weighted by Gasteiger charge is 2.36. The Balaban J connectivity index is 2.18. The highest BCUT2D eigenvalue weighted by atomic mass is 35.5. The standard InChI is InChI=1S/C15H19ClN4O2/c1-15(2,3)20(11-6-7-18-9-11)14(21)22-12-5-4-10(8-17)13(16)19-12/h4-5,11,18H,6-7,9H2,1-3H3. The number of rotatable bonds is 2. The molecule has 1 aliphatic heterocycles. The van der Waals surface area contributed by atoms with E-state index in [0.717, 1.165) is 19.5 Å². The summed E-state index contributed by atoms with van der Waals surface area (Å²) in [5.74, 6) is 0.0919. The van der Waals surface area contributed by atoms with Gasteiger partial charge in [0.2, 0.25) is 5.88 Å². The molecule has 0 aromatic carbocycles. The summed E-state index contributed by atoms with van der Waals surface area (Å²) in [6, 6.07) is 4.95. The second kappa shape index (κ2) is 6.51. The van der Waals surface area contributed by atoms with E-state index in [1.54, 1.807) is 4.90 Å². The number of carbonyl (C=O) groups is 1. The molecule has 1 saturated heterocycles. The summed E-state index contributed by atoms with van der Waals surface area (Å²) < 4.78 is 5.35. The van der Waals surface area contributed by atoms with Crippen molar-refractivity contribution < 1.29 is 9.53 Å². The minimum absolute atomic E-state index is 0.0256. The number of halogens is 1. The predicted molar refractivity (Wildman–Crippen MR) is 82.9 cm³/mol. The lowest BCUT2D eigenvalue weighted by atomic mass is 10.0. The number of ether oxygens (including phenoxy) is 1. The van der Waals surface area contributed by atoms with Crippen LogP contribution in [0.2, 0.25) is 5.15 Å². The van der Waals surface area contributed by atoms with Crippen molar-refractivity contribution in [2.45, 2.75) is 38.8 Å². The molecular weight excluding hydrogens is 304 g/mol. The molecule has 1 aromatic rings. The summed E-state index contributed by atoms with van der Waals surface area (Å²) in [7, 11) is 0. The summed E-state index contributed by atoms with van der Waals surface area (Å²) in [5.41, 5.74) is -0.126. The molecule has 0 bridgehead atoms. The first-order valence-corrected chi connectivity index (χ1v) is 7.49. The SMILES string of the molecule is CC(C)(C)N(C(=O)Oc1ccc(C#N)c(Cl)n1)C1CCNC1. The van der Waals surface area contributed by atoms with Gasteiger partial charge >= 0.3 is 6.09 Å². The molecule has 2 rings (SSSR count). The van der Waals surface area contributed by atoms with Gasteiger partial charge in [-0.15, -0.1) is 0 Å². The molecule has 1 fully saturated rings. The summed E-state index contributed by atoms with van der Waals surface area (Å²) in [6.07, 6.45) is 0.419. The van der Waals surface area contributed by atoms with Crippen LogP contribution in [0.5, 0.6) is 5.88 Å². The average molecular weight is 323 g/mol. The number of nitrogens with one attached hydrogen (secondary N) is 1. The van der Waals surface area contributed by atoms with Crippen LogP contribution in [0, 0.1) is 11.3 Å². The highest BCUT2D eigenvalue weighted by Crippen LogP contribution is 2.24. The maximum absolute atomic E-state index is 12.5. The Kier molecular flexibility index (Phi) is 4.89. The third kappa shape index (κ3) is 3.67. The third-order valence-electron chi connectivity index (χ3n) is 3.45. The van der Waals surface area contributed by atoms with Crippen LogP contribution in [0.1, 0.15) is 32.8 Å². The van der Waals surface area contributed by atoms with Crippen LogP contribution in [0.15, 0.2) is 12.1 Å². The van der Waals surface area contributed by atoms with Gasteiger partial charge in [-0.1, -0.05) is 11.6 Å². The number of nitrogens with zero attached hydrogens (tertiary/aromatic N) is 3. The maximum atomic E-state index is 12.5. The predicted octanol–water partition coefficient (Wildman–Crippen LogP) is 2.57. The number of hydrogen-bond donors (Lipinski definition) is 1. The van der Waals surface area contributed by atoms with Crippen molar-refractivity contribution in [3.63, 3.8) is 0 Å². The van der Waals surface area contributed by atoms with Crippen molar-refractivity contribution in [3.8, 4) is 11.9 Å². The number of hydrogen-bond acceptors (Lipinski definition) is 5. The Morgan fingerprint density at radius 2 is 2.27 bits per heavy atom. The van der Waals surface area contributed by atoms with E-state index >= 15 is 0 Å². The molecule has 22 heavy (non-hydrogen) atoms. The number of aromatic nitrogens is 1. The second-order valence-electron chi connectivity index (χ2n) is 6.16. The van der Waals surface area contributed by atoms with Gasteiger partial charge in [0.05, 0.1) is 5.56 Å². The van der Waals surface area contributed by atoms with Crippen molar-refractivity contribution in [2.24, 2.45) is 0 Å². The van der Waals surface area contributed by atoms with Crippen molar-refractivity contribution in [1.29, 1.82) is 5.26 Å². The lowest BCUT2D eigenvalue weighted by molar-refractivity contribution is 0.0803. The lowest BCUT2D eigenvalue weighted by Crippen LogP contribution is -2.53. The largest absolute Gasteiger partial charge is 0.417 e. The fourth-order valence-corrected chi connectivity index (χ4v) is 2.72. The van der Waals surface area contributed by atoms with Gasteiger partial charge in [0.1, 0.15) is 6.07 Å². The van der Waals surface area contributed by atoms with E-state index in [9.17, 15) is 4.79 Å². The highest BCUT2D eigenvalue weighted by molar-refractivity contribution is 6.30. The minimum atomic E-state index is -0.463. The van der Waals surface area contributed by atoms with Crippen LogP contribution in [0.3, 0.4) is 0 Å². The maximum Gasteiger partial charge on any atom is 0.417 e. The van der Waals surface area contributed by atoms with Crippen LogP contribution in [-0.2, 0) is 0 Å². The van der Waals surface area contributed by atoms with Crippen molar-refractivity contribution >= 4 is 17.7 Å². The molecule has 0 saturated carbocycles. The average Bonchev–Trinajstić information content (AvgIpc) is 2.91. The Bertz CT molecular complexity index is 601. The normalized spacial score (nSPS) is 17.9. The van der Waals surface area contributed by atoms with Gasteiger partial charge in [0.15, 0.2) is 5.15 Å².